The molecule has 2 fully saturated rings. The number of piperidine rings is 1. The Kier molecular flexibility index (Phi) is 7.05. The maximum atomic E-state index is 13.7. The molecule has 2 aromatic heterocycles. The first-order valence-electron chi connectivity index (χ1n) is 10.8. The Morgan fingerprint density at radius 3 is 2.48 bits per heavy atom. The van der Waals surface area contributed by atoms with Crippen LogP contribution in [0.2, 0.25) is 0 Å². The second kappa shape index (κ2) is 9.98. The topological polar surface area (TPSA) is 125 Å². The zero-order valence-electron chi connectivity index (χ0n) is 18.0. The van der Waals surface area contributed by atoms with E-state index in [1.807, 2.05) is 11.4 Å². The molecule has 4 heterocycles. The molecule has 2 aromatic rings. The summed E-state index contributed by atoms with van der Waals surface area (Å²) in [6.45, 7) is 3.05. The van der Waals surface area contributed by atoms with E-state index in [2.05, 4.69) is 10.6 Å². The number of nitro groups is 1. The van der Waals surface area contributed by atoms with E-state index in [4.69, 9.17) is 0 Å². The summed E-state index contributed by atoms with van der Waals surface area (Å²) in [6.07, 6.45) is 1.51. The minimum absolute atomic E-state index is 0.0248. The van der Waals surface area contributed by atoms with Crippen LogP contribution in [0.4, 0.5) is 5.00 Å². The standard InChI is InChI=1S/C21H25N5O5S2/c27-18(15-13-17(26(30)31)33-14-15)23-21(4-6-22-7-5-21)20(29)25-9-2-8-24(10-11-25)19(28)16-3-1-12-32-16/h1,3,12-14,22H,2,4-11H2,(H,23,27). The van der Waals surface area contributed by atoms with E-state index < -0.39 is 16.4 Å². The van der Waals surface area contributed by atoms with E-state index in [-0.39, 0.29) is 22.4 Å². The first-order chi connectivity index (χ1) is 15.9. The fraction of sp³-hybridized carbons (Fsp3) is 0.476. The zero-order chi connectivity index (χ0) is 23.4. The number of hydrogen-bond acceptors (Lipinski definition) is 8. The zero-order valence-corrected chi connectivity index (χ0v) is 19.6. The number of nitrogens with zero attached hydrogens (tertiary/aromatic N) is 3. The van der Waals surface area contributed by atoms with Crippen LogP contribution in [-0.2, 0) is 4.79 Å². The smallest absolute Gasteiger partial charge is 0.324 e. The second-order valence-corrected chi connectivity index (χ2v) is 9.97. The molecule has 12 heteroatoms. The summed E-state index contributed by atoms with van der Waals surface area (Å²) in [7, 11) is 0. The van der Waals surface area contributed by atoms with Gasteiger partial charge < -0.3 is 20.4 Å². The third-order valence-corrected chi connectivity index (χ3v) is 7.79. The molecule has 0 atom stereocenters. The molecule has 3 amide bonds. The first kappa shape index (κ1) is 23.3. The monoisotopic (exact) mass is 491 g/mol. The SMILES string of the molecule is O=C(NC1(C(=O)N2CCCN(C(=O)c3cccs3)CC2)CCNCC1)c1csc([N+](=O)[O-])c1. The number of amides is 3. The van der Waals surface area contributed by atoms with Crippen molar-refractivity contribution in [2.45, 2.75) is 24.8 Å². The van der Waals surface area contributed by atoms with Crippen molar-refractivity contribution < 1.29 is 19.3 Å². The lowest BCUT2D eigenvalue weighted by Crippen LogP contribution is -2.63. The van der Waals surface area contributed by atoms with Gasteiger partial charge in [0, 0.05) is 37.6 Å². The third-order valence-electron chi connectivity index (χ3n) is 6.05. The van der Waals surface area contributed by atoms with Gasteiger partial charge in [-0.3, -0.25) is 24.5 Å². The van der Waals surface area contributed by atoms with Crippen molar-refractivity contribution >= 4 is 45.4 Å². The van der Waals surface area contributed by atoms with Gasteiger partial charge in [0.05, 0.1) is 15.4 Å². The van der Waals surface area contributed by atoms with Crippen molar-refractivity contribution in [3.63, 3.8) is 0 Å². The lowest BCUT2D eigenvalue weighted by atomic mass is 9.86. The fourth-order valence-corrected chi connectivity index (χ4v) is 5.65. The highest BCUT2D eigenvalue weighted by molar-refractivity contribution is 7.13. The van der Waals surface area contributed by atoms with Crippen LogP contribution in [0.15, 0.2) is 29.0 Å². The van der Waals surface area contributed by atoms with Gasteiger partial charge in [-0.1, -0.05) is 17.4 Å². The van der Waals surface area contributed by atoms with E-state index in [0.717, 1.165) is 11.3 Å². The quantitative estimate of drug-likeness (QED) is 0.487. The number of nitrogens with one attached hydrogen (secondary N) is 2. The number of hydrogen-bond donors (Lipinski definition) is 2. The van der Waals surface area contributed by atoms with Crippen molar-refractivity contribution in [2.75, 3.05) is 39.3 Å². The molecule has 33 heavy (non-hydrogen) atoms. The Balaban J connectivity index is 1.47. The summed E-state index contributed by atoms with van der Waals surface area (Å²) in [5.41, 5.74) is -0.896. The summed E-state index contributed by atoms with van der Waals surface area (Å²) < 4.78 is 0. The highest BCUT2D eigenvalue weighted by atomic mass is 32.1. The van der Waals surface area contributed by atoms with Crippen molar-refractivity contribution in [3.8, 4) is 0 Å². The summed E-state index contributed by atoms with van der Waals surface area (Å²) >= 11 is 2.29. The largest absolute Gasteiger partial charge is 0.339 e. The molecule has 4 rings (SSSR count). The second-order valence-electron chi connectivity index (χ2n) is 8.13. The van der Waals surface area contributed by atoms with Crippen LogP contribution < -0.4 is 10.6 Å². The van der Waals surface area contributed by atoms with Crippen LogP contribution in [0, 0.1) is 10.1 Å². The average Bonchev–Trinajstić information content (AvgIpc) is 3.47. The van der Waals surface area contributed by atoms with E-state index in [9.17, 15) is 24.5 Å². The molecular formula is C21H25N5O5S2. The molecule has 2 N–H and O–H groups in total. The Morgan fingerprint density at radius 2 is 1.82 bits per heavy atom. The average molecular weight is 492 g/mol. The Bertz CT molecular complexity index is 1030. The number of carbonyl (C=O) groups excluding carboxylic acids is 3. The predicted octanol–water partition coefficient (Wildman–Crippen LogP) is 1.94. The predicted molar refractivity (Wildman–Crippen MR) is 125 cm³/mol. The van der Waals surface area contributed by atoms with Crippen molar-refractivity contribution in [1.82, 2.24) is 20.4 Å². The summed E-state index contributed by atoms with van der Waals surface area (Å²) in [4.78, 5) is 54.0. The number of thiophene rings is 2. The summed E-state index contributed by atoms with van der Waals surface area (Å²) in [5, 5.41) is 20.3. The van der Waals surface area contributed by atoms with Gasteiger partial charge >= 0.3 is 5.00 Å². The van der Waals surface area contributed by atoms with Gasteiger partial charge in [0.25, 0.3) is 11.8 Å². The van der Waals surface area contributed by atoms with E-state index in [1.54, 1.807) is 15.9 Å². The van der Waals surface area contributed by atoms with Crippen LogP contribution in [0.5, 0.6) is 0 Å². The molecule has 0 aromatic carbocycles. The molecule has 2 saturated heterocycles. The molecule has 176 valence electrons. The fourth-order valence-electron chi connectivity index (χ4n) is 4.26. The molecule has 0 bridgehead atoms. The Morgan fingerprint density at radius 1 is 1.09 bits per heavy atom. The molecule has 2 aliphatic heterocycles. The highest BCUT2D eigenvalue weighted by Gasteiger charge is 2.44. The summed E-state index contributed by atoms with van der Waals surface area (Å²) in [5.74, 6) is -0.672. The maximum absolute atomic E-state index is 13.7. The first-order valence-corrected chi connectivity index (χ1v) is 12.5. The van der Waals surface area contributed by atoms with Gasteiger partial charge in [-0.2, -0.15) is 0 Å². The summed E-state index contributed by atoms with van der Waals surface area (Å²) in [6, 6.07) is 4.88. The van der Waals surface area contributed by atoms with Gasteiger partial charge in [-0.05, 0) is 43.8 Å². The van der Waals surface area contributed by atoms with Crippen LogP contribution in [0.25, 0.3) is 0 Å². The Hall–Kier alpha value is -2.83. The molecule has 0 aliphatic carbocycles. The van der Waals surface area contributed by atoms with Gasteiger partial charge in [-0.25, -0.2) is 0 Å². The lowest BCUT2D eigenvalue weighted by molar-refractivity contribution is -0.380. The van der Waals surface area contributed by atoms with Crippen LogP contribution in [-0.4, -0.2) is 77.3 Å². The Labute approximate surface area is 198 Å². The minimum Gasteiger partial charge on any atom is -0.339 e. The van der Waals surface area contributed by atoms with E-state index in [0.29, 0.717) is 63.4 Å². The van der Waals surface area contributed by atoms with Crippen LogP contribution in [0.3, 0.4) is 0 Å². The normalized spacial score (nSPS) is 18.4. The van der Waals surface area contributed by atoms with E-state index in [1.165, 1.54) is 22.8 Å². The van der Waals surface area contributed by atoms with Crippen LogP contribution >= 0.6 is 22.7 Å². The van der Waals surface area contributed by atoms with Gasteiger partial charge in [0.1, 0.15) is 5.54 Å². The third kappa shape index (κ3) is 5.07. The van der Waals surface area contributed by atoms with Crippen molar-refractivity contribution in [1.29, 1.82) is 0 Å². The molecule has 0 unspecified atom stereocenters. The lowest BCUT2D eigenvalue weighted by Gasteiger charge is -2.40. The molecule has 0 radical (unpaired) electrons. The van der Waals surface area contributed by atoms with Gasteiger partial charge in [-0.15, -0.1) is 11.3 Å². The van der Waals surface area contributed by atoms with Gasteiger partial charge in [0.2, 0.25) is 5.91 Å². The highest BCUT2D eigenvalue weighted by Crippen LogP contribution is 2.26. The molecule has 2 aliphatic rings. The van der Waals surface area contributed by atoms with Crippen molar-refractivity contribution in [2.24, 2.45) is 0 Å². The molecular weight excluding hydrogens is 466 g/mol. The molecule has 10 nitrogen and oxygen atoms in total. The van der Waals surface area contributed by atoms with Crippen molar-refractivity contribution in [3.05, 3.63) is 49.5 Å². The number of carbonyl (C=O) groups is 3. The van der Waals surface area contributed by atoms with Crippen LogP contribution in [0.1, 0.15) is 39.3 Å². The van der Waals surface area contributed by atoms with E-state index >= 15 is 0 Å². The minimum atomic E-state index is -1.08. The maximum Gasteiger partial charge on any atom is 0.324 e. The van der Waals surface area contributed by atoms with Gasteiger partial charge in [0.15, 0.2) is 0 Å². The molecule has 0 saturated carbocycles. The number of rotatable bonds is 5. The molecule has 0 spiro atoms.